The van der Waals surface area contributed by atoms with Gasteiger partial charge in [0.25, 0.3) is 0 Å². The van der Waals surface area contributed by atoms with E-state index in [0.717, 1.165) is 29.3 Å². The predicted octanol–water partition coefficient (Wildman–Crippen LogP) is 4.87. The zero-order valence-electron chi connectivity index (χ0n) is 16.3. The lowest BCUT2D eigenvalue weighted by molar-refractivity contribution is -0.143. The van der Waals surface area contributed by atoms with Gasteiger partial charge in [-0.15, -0.1) is 0 Å². The van der Waals surface area contributed by atoms with Gasteiger partial charge in [-0.2, -0.15) is 0 Å². The van der Waals surface area contributed by atoms with E-state index in [4.69, 9.17) is 4.74 Å². The minimum absolute atomic E-state index is 0.285. The summed E-state index contributed by atoms with van der Waals surface area (Å²) in [7, 11) is 1.57. The Morgan fingerprint density at radius 2 is 1.93 bits per heavy atom. The van der Waals surface area contributed by atoms with Crippen LogP contribution < -0.4 is 4.74 Å². The minimum Gasteiger partial charge on any atom is -0.496 e. The molecule has 1 aliphatic heterocycles. The number of carboxylic acid groups (broad SMARTS) is 1. The smallest absolute Gasteiger partial charge is 0.307 e. The van der Waals surface area contributed by atoms with Crippen LogP contribution in [0, 0.1) is 11.7 Å². The molecule has 0 aromatic heterocycles. The summed E-state index contributed by atoms with van der Waals surface area (Å²) in [6.45, 7) is 1.17. The van der Waals surface area contributed by atoms with Gasteiger partial charge < -0.3 is 9.84 Å². The highest BCUT2D eigenvalue weighted by atomic mass is 19.1. The highest BCUT2D eigenvalue weighted by Crippen LogP contribution is 2.38. The maximum absolute atomic E-state index is 14.2. The summed E-state index contributed by atoms with van der Waals surface area (Å²) < 4.78 is 19.8. The Bertz CT molecular complexity index is 1040. The maximum atomic E-state index is 14.2. The Balaban J connectivity index is 1.84. The molecule has 3 aromatic carbocycles. The van der Waals surface area contributed by atoms with Crippen molar-refractivity contribution in [3.63, 3.8) is 0 Å². The van der Waals surface area contributed by atoms with E-state index >= 15 is 0 Å². The summed E-state index contributed by atoms with van der Waals surface area (Å²) in [4.78, 5) is 13.8. The lowest BCUT2D eigenvalue weighted by Crippen LogP contribution is -2.41. The minimum atomic E-state index is -0.779. The first-order valence-electron chi connectivity index (χ1n) is 9.86. The topological polar surface area (TPSA) is 49.8 Å². The molecule has 0 radical (unpaired) electrons. The molecule has 0 amide bonds. The first-order chi connectivity index (χ1) is 14.1. The maximum Gasteiger partial charge on any atom is 0.307 e. The number of likely N-dealkylation sites (tertiary alicyclic amines) is 1. The van der Waals surface area contributed by atoms with Crippen LogP contribution in [-0.2, 0) is 4.79 Å². The Morgan fingerprint density at radius 1 is 1.14 bits per heavy atom. The molecule has 2 atom stereocenters. The van der Waals surface area contributed by atoms with Gasteiger partial charge in [0.15, 0.2) is 0 Å². The molecule has 150 valence electrons. The first kappa shape index (κ1) is 19.4. The van der Waals surface area contributed by atoms with Crippen LogP contribution in [0.3, 0.4) is 0 Å². The van der Waals surface area contributed by atoms with Crippen LogP contribution in [0.1, 0.15) is 30.0 Å². The van der Waals surface area contributed by atoms with Crippen LogP contribution in [0.4, 0.5) is 4.39 Å². The van der Waals surface area contributed by atoms with Gasteiger partial charge in [-0.05, 0) is 60.0 Å². The molecule has 29 heavy (non-hydrogen) atoms. The molecule has 0 saturated carbocycles. The zero-order valence-corrected chi connectivity index (χ0v) is 16.3. The molecule has 3 aromatic rings. The number of methoxy groups -OCH3 is 1. The van der Waals surface area contributed by atoms with Crippen molar-refractivity contribution in [2.45, 2.75) is 18.9 Å². The number of carboxylic acids is 1. The number of hydrogen-bond donors (Lipinski definition) is 1. The summed E-state index contributed by atoms with van der Waals surface area (Å²) in [6, 6.07) is 18.5. The van der Waals surface area contributed by atoms with Crippen molar-refractivity contribution in [3.05, 3.63) is 77.6 Å². The molecular weight excluding hydrogens is 369 g/mol. The second-order valence-corrected chi connectivity index (χ2v) is 7.57. The van der Waals surface area contributed by atoms with Crippen molar-refractivity contribution in [1.82, 2.24) is 4.90 Å². The first-order valence-corrected chi connectivity index (χ1v) is 9.86. The SMILES string of the molecule is COc1ccc(F)cc1C(c1ccc2ccccc2c1)N1CCCC(C(=O)O)C1. The Morgan fingerprint density at radius 3 is 2.69 bits per heavy atom. The molecule has 4 rings (SSSR count). The van der Waals surface area contributed by atoms with E-state index in [2.05, 4.69) is 29.2 Å². The second-order valence-electron chi connectivity index (χ2n) is 7.57. The van der Waals surface area contributed by atoms with E-state index < -0.39 is 11.9 Å². The summed E-state index contributed by atoms with van der Waals surface area (Å²) in [5, 5.41) is 11.8. The molecule has 5 heteroatoms. The number of carbonyl (C=O) groups is 1. The molecule has 0 bridgehead atoms. The van der Waals surface area contributed by atoms with Gasteiger partial charge in [0.1, 0.15) is 11.6 Å². The third kappa shape index (κ3) is 3.96. The number of fused-ring (bicyclic) bond motifs is 1. The molecular formula is C24H24FNO3. The largest absolute Gasteiger partial charge is 0.496 e. The van der Waals surface area contributed by atoms with Gasteiger partial charge in [0.2, 0.25) is 0 Å². The average molecular weight is 393 g/mol. The third-order valence-corrected chi connectivity index (χ3v) is 5.74. The summed E-state index contributed by atoms with van der Waals surface area (Å²) in [5.74, 6) is -0.940. The highest BCUT2D eigenvalue weighted by molar-refractivity contribution is 5.83. The second kappa shape index (κ2) is 8.21. The molecule has 1 heterocycles. The van der Waals surface area contributed by atoms with Crippen LogP contribution in [0.15, 0.2) is 60.7 Å². The van der Waals surface area contributed by atoms with Crippen molar-refractivity contribution in [3.8, 4) is 5.75 Å². The lowest BCUT2D eigenvalue weighted by atomic mass is 9.90. The van der Waals surface area contributed by atoms with Gasteiger partial charge in [-0.1, -0.05) is 36.4 Å². The Hall–Kier alpha value is -2.92. The average Bonchev–Trinajstić information content (AvgIpc) is 2.74. The van der Waals surface area contributed by atoms with Crippen LogP contribution >= 0.6 is 0 Å². The van der Waals surface area contributed by atoms with Gasteiger partial charge in [0, 0.05) is 12.1 Å². The molecule has 4 nitrogen and oxygen atoms in total. The molecule has 1 N–H and O–H groups in total. The van der Waals surface area contributed by atoms with Crippen molar-refractivity contribution >= 4 is 16.7 Å². The number of nitrogens with zero attached hydrogens (tertiary/aromatic N) is 1. The van der Waals surface area contributed by atoms with Crippen molar-refractivity contribution < 1.29 is 19.0 Å². The molecule has 2 unspecified atom stereocenters. The van der Waals surface area contributed by atoms with Crippen LogP contribution in [-0.4, -0.2) is 36.2 Å². The fourth-order valence-electron chi connectivity index (χ4n) is 4.33. The molecule has 0 aliphatic carbocycles. The number of rotatable bonds is 5. The van der Waals surface area contributed by atoms with Gasteiger partial charge in [0.05, 0.1) is 19.1 Å². The van der Waals surface area contributed by atoms with E-state index in [1.165, 1.54) is 12.1 Å². The highest BCUT2D eigenvalue weighted by Gasteiger charge is 2.33. The van der Waals surface area contributed by atoms with Gasteiger partial charge >= 0.3 is 5.97 Å². The lowest BCUT2D eigenvalue weighted by Gasteiger charge is -2.38. The standard InChI is InChI=1S/C24H24FNO3/c1-29-22-11-10-20(25)14-21(22)23(26-12-4-7-19(15-26)24(27)28)18-9-8-16-5-2-3-6-17(16)13-18/h2-3,5-6,8-11,13-14,19,23H,4,7,12,15H2,1H3,(H,27,28). The molecule has 1 fully saturated rings. The predicted molar refractivity (Wildman–Crippen MR) is 111 cm³/mol. The summed E-state index contributed by atoms with van der Waals surface area (Å²) in [6.07, 6.45) is 1.45. The van der Waals surface area contributed by atoms with Gasteiger partial charge in [-0.25, -0.2) is 4.39 Å². The van der Waals surface area contributed by atoms with E-state index in [1.807, 2.05) is 18.2 Å². The van der Waals surface area contributed by atoms with E-state index in [9.17, 15) is 14.3 Å². The number of halogens is 1. The third-order valence-electron chi connectivity index (χ3n) is 5.74. The van der Waals surface area contributed by atoms with E-state index in [-0.39, 0.29) is 11.9 Å². The number of ether oxygens (including phenoxy) is 1. The summed E-state index contributed by atoms with van der Waals surface area (Å²) in [5.41, 5.74) is 1.72. The van der Waals surface area contributed by atoms with Crippen molar-refractivity contribution in [1.29, 1.82) is 0 Å². The van der Waals surface area contributed by atoms with E-state index in [0.29, 0.717) is 24.3 Å². The van der Waals surface area contributed by atoms with Crippen LogP contribution in [0.25, 0.3) is 10.8 Å². The zero-order chi connectivity index (χ0) is 20.4. The summed E-state index contributed by atoms with van der Waals surface area (Å²) >= 11 is 0. The number of piperidine rings is 1. The number of aliphatic carboxylic acids is 1. The van der Waals surface area contributed by atoms with Gasteiger partial charge in [-0.3, -0.25) is 9.69 Å². The van der Waals surface area contributed by atoms with Crippen LogP contribution in [0.5, 0.6) is 5.75 Å². The Labute approximate surface area is 169 Å². The Kier molecular flexibility index (Phi) is 5.49. The van der Waals surface area contributed by atoms with Crippen molar-refractivity contribution in [2.75, 3.05) is 20.2 Å². The van der Waals surface area contributed by atoms with E-state index in [1.54, 1.807) is 13.2 Å². The monoisotopic (exact) mass is 393 g/mol. The number of benzene rings is 3. The van der Waals surface area contributed by atoms with Crippen LogP contribution in [0.2, 0.25) is 0 Å². The molecule has 0 spiro atoms. The molecule has 1 saturated heterocycles. The normalized spacial score (nSPS) is 18.5. The number of hydrogen-bond acceptors (Lipinski definition) is 3. The fourth-order valence-corrected chi connectivity index (χ4v) is 4.33. The fraction of sp³-hybridized carbons (Fsp3) is 0.292. The van der Waals surface area contributed by atoms with Crippen molar-refractivity contribution in [2.24, 2.45) is 5.92 Å². The quantitative estimate of drug-likeness (QED) is 0.672. The molecule has 1 aliphatic rings.